The van der Waals surface area contributed by atoms with Crippen LogP contribution in [0.25, 0.3) is 67.5 Å². The standard InChI is InChI=1S/C46H34N6.2ClH.Mn/c1-7-19-34(20-8-1)40-31-43(37-25-13-4-14-26-37)50(47-40)46(51-44(38-27-15-5-16-28-38)32-41(48-51)35-21-9-2-10-22-35)52-45(39-29-17-6-18-30-39)33-42(49-52)36-23-11-3-12-24-36;;;/h1-33,46H;2*1H;/q;;;+2/p-2. The van der Waals surface area contributed by atoms with Crippen molar-refractivity contribution in [3.05, 3.63) is 200 Å². The van der Waals surface area contributed by atoms with Crippen molar-refractivity contribution in [3.63, 3.8) is 0 Å². The third-order valence-electron chi connectivity index (χ3n) is 9.28. The zero-order valence-corrected chi connectivity index (χ0v) is 32.1. The molecule has 6 nitrogen and oxygen atoms in total. The Labute approximate surface area is 334 Å². The van der Waals surface area contributed by atoms with Crippen LogP contribution < -0.4 is 0 Å². The molecule has 0 atom stereocenters. The maximum absolute atomic E-state index is 5.44. The van der Waals surface area contributed by atoms with Gasteiger partial charge >= 0.3 is 33.3 Å². The molecule has 0 fully saturated rings. The van der Waals surface area contributed by atoms with E-state index >= 15 is 0 Å². The second-order valence-corrected chi connectivity index (χ2v) is 14.6. The largest absolute Gasteiger partial charge is 0.240 e. The van der Waals surface area contributed by atoms with E-state index < -0.39 is 6.29 Å². The van der Waals surface area contributed by atoms with Crippen LogP contribution in [0.5, 0.6) is 0 Å². The van der Waals surface area contributed by atoms with Gasteiger partial charge in [-0.1, -0.05) is 182 Å². The molecule has 9 rings (SSSR count). The first-order valence-corrected chi connectivity index (χ1v) is 20.9. The molecule has 0 saturated carbocycles. The predicted molar refractivity (Wildman–Crippen MR) is 221 cm³/mol. The average molecular weight is 797 g/mol. The van der Waals surface area contributed by atoms with E-state index in [4.69, 9.17) is 35.5 Å². The predicted octanol–water partition coefficient (Wildman–Crippen LogP) is 12.2. The molecule has 0 bridgehead atoms. The van der Waals surface area contributed by atoms with Crippen molar-refractivity contribution in [2.75, 3.05) is 0 Å². The van der Waals surface area contributed by atoms with Gasteiger partial charge in [0.1, 0.15) is 0 Å². The second-order valence-electron chi connectivity index (χ2n) is 12.7. The van der Waals surface area contributed by atoms with E-state index in [0.717, 1.165) is 67.5 Å². The van der Waals surface area contributed by atoms with Crippen molar-refractivity contribution < 1.29 is 13.1 Å². The normalized spacial score (nSPS) is 11.0. The molecule has 0 aliphatic rings. The van der Waals surface area contributed by atoms with Gasteiger partial charge < -0.3 is 0 Å². The Morgan fingerprint density at radius 1 is 0.327 bits per heavy atom. The monoisotopic (exact) mass is 795 g/mol. The van der Waals surface area contributed by atoms with Crippen LogP contribution in [0.4, 0.5) is 0 Å². The average Bonchev–Trinajstić information content (AvgIpc) is 4.02. The molecular weight excluding hydrogens is 762 g/mol. The molecule has 269 valence electrons. The third kappa shape index (κ3) is 7.83. The van der Waals surface area contributed by atoms with E-state index in [2.05, 4.69) is 141 Å². The van der Waals surface area contributed by atoms with Gasteiger partial charge in [-0.15, -0.1) is 0 Å². The summed E-state index contributed by atoms with van der Waals surface area (Å²) < 4.78 is 6.25. The van der Waals surface area contributed by atoms with Crippen molar-refractivity contribution in [3.8, 4) is 67.5 Å². The number of benzene rings is 6. The maximum atomic E-state index is 5.44. The van der Waals surface area contributed by atoms with Gasteiger partial charge in [0.15, 0.2) is 0 Å². The van der Waals surface area contributed by atoms with Gasteiger partial charge in [-0.25, -0.2) is 14.0 Å². The van der Waals surface area contributed by atoms with Gasteiger partial charge in [0.2, 0.25) is 6.29 Å². The zero-order valence-electron chi connectivity index (χ0n) is 29.4. The minimum absolute atomic E-state index is 0.00694. The van der Waals surface area contributed by atoms with Crippen molar-refractivity contribution >= 4 is 20.2 Å². The number of hydrogen-bond donors (Lipinski definition) is 0. The summed E-state index contributed by atoms with van der Waals surface area (Å²) in [5.74, 6) is 0. The molecule has 0 spiro atoms. The summed E-state index contributed by atoms with van der Waals surface area (Å²) in [5, 5.41) is 16.3. The van der Waals surface area contributed by atoms with Crippen LogP contribution in [-0.2, 0) is 13.1 Å². The first-order chi connectivity index (χ1) is 27.2. The summed E-state index contributed by atoms with van der Waals surface area (Å²) in [6.45, 7) is 0. The molecule has 9 heteroatoms. The Hall–Kier alpha value is -5.95. The SMILES string of the molecule is [Cl][Mn][Cl].c1ccc(-c2cc(-c3ccccc3)n(C(n3nc(-c4ccccc4)cc3-c3ccccc3)n3nc(-c4ccccc4)cc3-c3ccccc3)n2)cc1. The van der Waals surface area contributed by atoms with Crippen LogP contribution in [0.1, 0.15) is 6.29 Å². The minimum Gasteiger partial charge on any atom is -0.219 e. The van der Waals surface area contributed by atoms with Gasteiger partial charge in [-0.05, 0) is 34.9 Å². The molecule has 0 saturated heterocycles. The van der Waals surface area contributed by atoms with Crippen LogP contribution in [0, 0.1) is 0 Å². The first-order valence-electron chi connectivity index (χ1n) is 17.7. The Morgan fingerprint density at radius 3 is 0.745 bits per heavy atom. The van der Waals surface area contributed by atoms with Gasteiger partial charge in [0, 0.05) is 16.7 Å². The molecule has 3 heterocycles. The Bertz CT molecular complexity index is 2290. The van der Waals surface area contributed by atoms with Gasteiger partial charge in [0.25, 0.3) is 0 Å². The van der Waals surface area contributed by atoms with E-state index in [0.29, 0.717) is 0 Å². The fourth-order valence-corrected chi connectivity index (χ4v) is 6.75. The maximum Gasteiger partial charge on any atom is 0.240 e. The summed E-state index contributed by atoms with van der Waals surface area (Å²) in [7, 11) is 9.59. The van der Waals surface area contributed by atoms with E-state index in [-0.39, 0.29) is 13.1 Å². The summed E-state index contributed by atoms with van der Waals surface area (Å²) in [5.41, 5.74) is 11.6. The van der Waals surface area contributed by atoms with Crippen molar-refractivity contribution in [2.45, 2.75) is 6.29 Å². The van der Waals surface area contributed by atoms with Crippen LogP contribution in [-0.4, -0.2) is 29.3 Å². The Kier molecular flexibility index (Phi) is 11.2. The number of hydrogen-bond acceptors (Lipinski definition) is 3. The molecule has 0 N–H and O–H groups in total. The molecule has 0 aliphatic carbocycles. The molecule has 0 radical (unpaired) electrons. The van der Waals surface area contributed by atoms with E-state index in [9.17, 15) is 0 Å². The van der Waals surface area contributed by atoms with Crippen LogP contribution in [0.2, 0.25) is 0 Å². The van der Waals surface area contributed by atoms with Crippen molar-refractivity contribution in [2.24, 2.45) is 0 Å². The quantitative estimate of drug-likeness (QED) is 0.137. The van der Waals surface area contributed by atoms with Gasteiger partial charge in [-0.3, -0.25) is 0 Å². The summed E-state index contributed by atoms with van der Waals surface area (Å²) in [6.07, 6.45) is -0.659. The molecular formula is C46H34Cl2MnN6. The molecule has 0 amide bonds. The van der Waals surface area contributed by atoms with Crippen LogP contribution in [0.15, 0.2) is 200 Å². The minimum atomic E-state index is -0.659. The molecule has 0 aliphatic heterocycles. The fourth-order valence-electron chi connectivity index (χ4n) is 6.75. The van der Waals surface area contributed by atoms with Crippen molar-refractivity contribution in [1.82, 2.24) is 29.3 Å². The summed E-state index contributed by atoms with van der Waals surface area (Å²) in [6, 6.07) is 68.8. The van der Waals surface area contributed by atoms with Crippen LogP contribution in [0.3, 0.4) is 0 Å². The number of halogens is 2. The molecule has 3 aromatic heterocycles. The third-order valence-corrected chi connectivity index (χ3v) is 9.28. The second kappa shape index (κ2) is 17.0. The summed E-state index contributed by atoms with van der Waals surface area (Å²) >= 11 is 0.00694. The first kappa shape index (κ1) is 36.0. The zero-order chi connectivity index (χ0) is 37.4. The molecule has 9 aromatic rings. The fraction of sp³-hybridized carbons (Fsp3) is 0.0217. The van der Waals surface area contributed by atoms with E-state index in [1.807, 2.05) is 72.8 Å². The van der Waals surface area contributed by atoms with Crippen LogP contribution >= 0.6 is 20.2 Å². The topological polar surface area (TPSA) is 53.5 Å². The van der Waals surface area contributed by atoms with Crippen molar-refractivity contribution in [1.29, 1.82) is 0 Å². The molecule has 55 heavy (non-hydrogen) atoms. The number of aromatic nitrogens is 6. The number of rotatable bonds is 9. The van der Waals surface area contributed by atoms with E-state index in [1.165, 1.54) is 0 Å². The molecule has 0 unspecified atom stereocenters. The smallest absolute Gasteiger partial charge is 0.219 e. The van der Waals surface area contributed by atoms with Gasteiger partial charge in [0.05, 0.1) is 34.2 Å². The Balaban J connectivity index is 0.00000138. The Morgan fingerprint density at radius 2 is 0.527 bits per heavy atom. The molecule has 6 aromatic carbocycles. The number of nitrogens with zero attached hydrogens (tertiary/aromatic N) is 6. The van der Waals surface area contributed by atoms with E-state index in [1.54, 1.807) is 0 Å². The summed E-state index contributed by atoms with van der Waals surface area (Å²) in [4.78, 5) is 0. The van der Waals surface area contributed by atoms with Gasteiger partial charge in [-0.2, -0.15) is 15.3 Å².